The number of nitriles is 1. The van der Waals surface area contributed by atoms with Gasteiger partial charge in [0, 0.05) is 5.56 Å². The van der Waals surface area contributed by atoms with Gasteiger partial charge in [-0.3, -0.25) is 4.79 Å². The van der Waals surface area contributed by atoms with E-state index in [1.54, 1.807) is 38.1 Å². The van der Waals surface area contributed by atoms with Crippen molar-refractivity contribution in [2.45, 2.75) is 20.8 Å². The highest BCUT2D eigenvalue weighted by Crippen LogP contribution is 2.63. The summed E-state index contributed by atoms with van der Waals surface area (Å²) in [6.07, 6.45) is 0. The third kappa shape index (κ3) is 5.76. The lowest BCUT2D eigenvalue weighted by Crippen LogP contribution is -2.09. The van der Waals surface area contributed by atoms with Crippen molar-refractivity contribution in [3.63, 3.8) is 0 Å². The molecule has 124 valence electrons. The molecule has 0 fully saturated rings. The van der Waals surface area contributed by atoms with Crippen molar-refractivity contribution >= 4 is 34.7 Å². The molecule has 1 aromatic carbocycles. The standard InChI is InChI=1S/C15H19N2O3PS2/c1-4-19-21(22,20-5-2)23-15(17)13(10-16)14(18)12-8-6-11(3)7-9-12/h6-9H,4-5,17H2,1-3H3/b15-13+. The predicted octanol–water partition coefficient (Wildman–Crippen LogP) is 3.90. The summed E-state index contributed by atoms with van der Waals surface area (Å²) in [4.78, 5) is 12.5. The summed E-state index contributed by atoms with van der Waals surface area (Å²) >= 11 is 6.31. The van der Waals surface area contributed by atoms with E-state index in [9.17, 15) is 10.1 Å². The summed E-state index contributed by atoms with van der Waals surface area (Å²) in [5.41, 5.74) is 4.50. The first kappa shape index (κ1) is 19.9. The summed E-state index contributed by atoms with van der Waals surface area (Å²) in [6, 6.07) is 8.79. The van der Waals surface area contributed by atoms with Crippen molar-refractivity contribution in [3.8, 4) is 6.07 Å². The maximum absolute atomic E-state index is 12.5. The van der Waals surface area contributed by atoms with Crippen molar-refractivity contribution in [1.82, 2.24) is 0 Å². The summed E-state index contributed by atoms with van der Waals surface area (Å²) in [7, 11) is 0. The van der Waals surface area contributed by atoms with E-state index in [1.807, 2.05) is 13.0 Å². The fourth-order valence-electron chi connectivity index (χ4n) is 1.64. The molecular weight excluding hydrogens is 351 g/mol. The van der Waals surface area contributed by atoms with Crippen LogP contribution in [0.2, 0.25) is 0 Å². The fraction of sp³-hybridized carbons (Fsp3) is 0.333. The summed E-state index contributed by atoms with van der Waals surface area (Å²) < 4.78 is 10.9. The highest BCUT2D eigenvalue weighted by Gasteiger charge is 2.25. The zero-order chi connectivity index (χ0) is 17.5. The topological polar surface area (TPSA) is 85.3 Å². The Bertz CT molecular complexity index is 671. The van der Waals surface area contributed by atoms with Gasteiger partial charge >= 0.3 is 0 Å². The quantitative estimate of drug-likeness (QED) is 0.321. The number of benzene rings is 1. The molecule has 0 saturated carbocycles. The van der Waals surface area contributed by atoms with Crippen LogP contribution in [-0.2, 0) is 20.9 Å². The molecule has 0 unspecified atom stereocenters. The first-order valence-corrected chi connectivity index (χ1v) is 11.0. The van der Waals surface area contributed by atoms with E-state index in [2.05, 4.69) is 0 Å². The van der Waals surface area contributed by atoms with Gasteiger partial charge < -0.3 is 14.8 Å². The maximum atomic E-state index is 12.5. The van der Waals surface area contributed by atoms with Gasteiger partial charge in [0.15, 0.2) is 0 Å². The number of carbonyl (C=O) groups excluding carboxylic acids is 1. The summed E-state index contributed by atoms with van der Waals surface area (Å²) in [6.45, 7) is 6.24. The second-order valence-corrected chi connectivity index (χ2v) is 10.6. The molecule has 0 bridgehead atoms. The van der Waals surface area contributed by atoms with Gasteiger partial charge in [-0.1, -0.05) is 29.8 Å². The Morgan fingerprint density at radius 3 is 2.26 bits per heavy atom. The van der Waals surface area contributed by atoms with E-state index in [0.29, 0.717) is 18.8 Å². The normalized spacial score (nSPS) is 12.4. The number of carbonyl (C=O) groups is 1. The highest BCUT2D eigenvalue weighted by molar-refractivity contribution is 8.69. The lowest BCUT2D eigenvalue weighted by atomic mass is 10.0. The predicted molar refractivity (Wildman–Crippen MR) is 97.5 cm³/mol. The van der Waals surface area contributed by atoms with Crippen LogP contribution in [0, 0.1) is 18.3 Å². The minimum absolute atomic E-state index is 0.0308. The molecule has 8 heteroatoms. The molecule has 0 aliphatic heterocycles. The van der Waals surface area contributed by atoms with Crippen LogP contribution >= 0.6 is 17.1 Å². The van der Waals surface area contributed by atoms with Crippen LogP contribution in [-0.4, -0.2) is 19.0 Å². The molecule has 0 spiro atoms. The smallest absolute Gasteiger partial charge is 0.253 e. The van der Waals surface area contributed by atoms with Gasteiger partial charge in [0.1, 0.15) is 11.6 Å². The molecular formula is C15H19N2O3PS2. The molecule has 5 nitrogen and oxygen atoms in total. The Morgan fingerprint density at radius 2 is 1.83 bits per heavy atom. The van der Waals surface area contributed by atoms with Crippen LogP contribution in [0.3, 0.4) is 0 Å². The number of Topliss-reactive ketones (excluding diaryl/α,β-unsaturated/α-hetero) is 1. The summed E-state index contributed by atoms with van der Waals surface area (Å²) in [5.74, 6) is -0.438. The van der Waals surface area contributed by atoms with Gasteiger partial charge in [-0.05, 0) is 44.0 Å². The Kier molecular flexibility index (Phi) is 7.97. The number of hydrogen-bond donors (Lipinski definition) is 1. The maximum Gasteiger partial charge on any atom is 0.253 e. The van der Waals surface area contributed by atoms with E-state index >= 15 is 0 Å². The second kappa shape index (κ2) is 9.21. The van der Waals surface area contributed by atoms with E-state index in [0.717, 1.165) is 16.9 Å². The van der Waals surface area contributed by atoms with Crippen LogP contribution in [0.1, 0.15) is 29.8 Å². The van der Waals surface area contributed by atoms with Gasteiger partial charge in [0.25, 0.3) is 5.69 Å². The van der Waals surface area contributed by atoms with Gasteiger partial charge in [-0.2, -0.15) is 5.26 Å². The molecule has 23 heavy (non-hydrogen) atoms. The number of nitrogens with zero attached hydrogens (tertiary/aromatic N) is 1. The van der Waals surface area contributed by atoms with E-state index < -0.39 is 11.5 Å². The average Bonchev–Trinajstić information content (AvgIpc) is 2.48. The van der Waals surface area contributed by atoms with Gasteiger partial charge in [0.2, 0.25) is 5.78 Å². The van der Waals surface area contributed by atoms with Crippen molar-refractivity contribution in [1.29, 1.82) is 5.26 Å². The van der Waals surface area contributed by atoms with Crippen molar-refractivity contribution in [2.24, 2.45) is 5.73 Å². The average molecular weight is 370 g/mol. The van der Waals surface area contributed by atoms with Gasteiger partial charge in [0.05, 0.1) is 18.2 Å². The zero-order valence-corrected chi connectivity index (χ0v) is 15.8. The molecule has 0 aliphatic rings. The first-order chi connectivity index (χ1) is 10.9. The third-order valence-corrected chi connectivity index (χ3v) is 7.65. The monoisotopic (exact) mass is 370 g/mol. The molecule has 0 radical (unpaired) electrons. The lowest BCUT2D eigenvalue weighted by molar-refractivity contribution is 0.103. The lowest BCUT2D eigenvalue weighted by Gasteiger charge is -2.20. The highest BCUT2D eigenvalue weighted by atomic mass is 32.9. The van der Waals surface area contributed by atoms with Crippen molar-refractivity contribution in [2.75, 3.05) is 13.2 Å². The molecule has 1 rings (SSSR count). The van der Waals surface area contributed by atoms with Crippen LogP contribution in [0.5, 0.6) is 0 Å². The number of ketones is 1. The van der Waals surface area contributed by atoms with Gasteiger partial charge in [-0.15, -0.1) is 0 Å². The largest absolute Gasteiger partial charge is 0.392 e. The Labute approximate surface area is 145 Å². The Balaban J connectivity index is 3.12. The fourth-order valence-corrected chi connectivity index (χ4v) is 6.22. The number of aryl methyl sites for hydroxylation is 1. The number of nitrogens with two attached hydrogens (primary N) is 1. The second-order valence-electron chi connectivity index (χ2n) is 4.42. The van der Waals surface area contributed by atoms with Crippen LogP contribution in [0.15, 0.2) is 34.9 Å². The van der Waals surface area contributed by atoms with Crippen LogP contribution in [0.4, 0.5) is 0 Å². The first-order valence-electron chi connectivity index (χ1n) is 6.96. The number of allylic oxidation sites excluding steroid dienone is 1. The molecule has 0 atom stereocenters. The number of rotatable bonds is 8. The minimum Gasteiger partial charge on any atom is -0.392 e. The molecule has 0 aliphatic carbocycles. The molecule has 0 amide bonds. The minimum atomic E-state index is -2.72. The third-order valence-electron chi connectivity index (χ3n) is 2.68. The van der Waals surface area contributed by atoms with Gasteiger partial charge in [-0.25, -0.2) is 0 Å². The Hall–Kier alpha value is -1.16. The Morgan fingerprint density at radius 1 is 1.30 bits per heavy atom. The SMILES string of the molecule is CCOP(=S)(OCC)S/C(N)=C(\C#N)C(=O)c1ccc(C)cc1. The van der Waals surface area contributed by atoms with Crippen molar-refractivity contribution in [3.05, 3.63) is 46.0 Å². The van der Waals surface area contributed by atoms with E-state index in [4.69, 9.17) is 26.6 Å². The molecule has 1 aromatic rings. The molecule has 2 N–H and O–H groups in total. The zero-order valence-electron chi connectivity index (χ0n) is 13.2. The number of hydrogen-bond acceptors (Lipinski definition) is 7. The van der Waals surface area contributed by atoms with Crippen molar-refractivity contribution < 1.29 is 13.8 Å². The van der Waals surface area contributed by atoms with E-state index in [1.165, 1.54) is 0 Å². The molecule has 0 saturated heterocycles. The van der Waals surface area contributed by atoms with Crippen LogP contribution < -0.4 is 5.73 Å². The molecule has 0 heterocycles. The summed E-state index contributed by atoms with van der Waals surface area (Å²) in [5, 5.41) is 9.34. The van der Waals surface area contributed by atoms with Crippen LogP contribution in [0.25, 0.3) is 0 Å². The molecule has 0 aromatic heterocycles. The van der Waals surface area contributed by atoms with E-state index in [-0.39, 0.29) is 10.6 Å².